The summed E-state index contributed by atoms with van der Waals surface area (Å²) >= 11 is 0. The molecule has 0 radical (unpaired) electrons. The fraction of sp³-hybridized carbons (Fsp3) is 0.259. The van der Waals surface area contributed by atoms with E-state index in [1.165, 1.54) is 0 Å². The lowest BCUT2D eigenvalue weighted by molar-refractivity contribution is -0.112. The Hall–Kier alpha value is -4.20. The number of H-pyrrole nitrogens is 1. The quantitative estimate of drug-likeness (QED) is 0.414. The van der Waals surface area contributed by atoms with Crippen LogP contribution in [0.2, 0.25) is 0 Å². The van der Waals surface area contributed by atoms with Gasteiger partial charge in [0.25, 0.3) is 5.91 Å². The summed E-state index contributed by atoms with van der Waals surface area (Å²) in [5.74, 6) is 0.988. The Morgan fingerprint density at radius 2 is 2.09 bits per heavy atom. The molecule has 8 nitrogen and oxygen atoms in total. The Morgan fingerprint density at radius 3 is 2.91 bits per heavy atom. The molecule has 1 saturated carbocycles. The molecule has 0 atom stereocenters. The molecule has 2 aliphatic rings. The predicted octanol–water partition coefficient (Wildman–Crippen LogP) is 5.08. The van der Waals surface area contributed by atoms with Crippen molar-refractivity contribution in [1.82, 2.24) is 24.7 Å². The molecule has 2 N–H and O–H groups in total. The zero-order valence-corrected chi connectivity index (χ0v) is 19.8. The van der Waals surface area contributed by atoms with E-state index in [9.17, 15) is 4.79 Å². The third kappa shape index (κ3) is 4.12. The summed E-state index contributed by atoms with van der Waals surface area (Å²) in [6.07, 6.45) is 11.9. The van der Waals surface area contributed by atoms with E-state index in [0.29, 0.717) is 24.2 Å². The molecule has 4 aromatic rings. The summed E-state index contributed by atoms with van der Waals surface area (Å²) in [6.45, 7) is 4.88. The number of nitrogens with one attached hydrogen (secondary N) is 2. The molecule has 176 valence electrons. The van der Waals surface area contributed by atoms with Gasteiger partial charge in [0.15, 0.2) is 5.82 Å². The Kier molecular flexibility index (Phi) is 5.21. The van der Waals surface area contributed by atoms with E-state index in [4.69, 9.17) is 0 Å². The van der Waals surface area contributed by atoms with Crippen molar-refractivity contribution >= 4 is 28.3 Å². The van der Waals surface area contributed by atoms with E-state index in [1.807, 2.05) is 59.8 Å². The number of rotatable bonds is 6. The molecular weight excluding hydrogens is 438 g/mol. The number of fused-ring (bicyclic) bond motifs is 1. The minimum absolute atomic E-state index is 0.163. The van der Waals surface area contributed by atoms with Crippen molar-refractivity contribution in [2.24, 2.45) is 5.92 Å². The van der Waals surface area contributed by atoms with Crippen LogP contribution in [0.1, 0.15) is 32.7 Å². The molecule has 1 aromatic carbocycles. The van der Waals surface area contributed by atoms with Crippen molar-refractivity contribution in [3.05, 3.63) is 78.5 Å². The van der Waals surface area contributed by atoms with Crippen LogP contribution < -0.4 is 10.2 Å². The van der Waals surface area contributed by atoms with Crippen LogP contribution in [0.25, 0.3) is 22.4 Å². The molecule has 0 unspecified atom stereocenters. The lowest BCUT2D eigenvalue weighted by atomic mass is 9.98. The number of allylic oxidation sites excluding steroid dienone is 2. The molecule has 35 heavy (non-hydrogen) atoms. The lowest BCUT2D eigenvalue weighted by Crippen LogP contribution is -2.34. The highest BCUT2D eigenvalue weighted by molar-refractivity contribution is 6.07. The number of aromatic amines is 1. The minimum atomic E-state index is -0.163. The van der Waals surface area contributed by atoms with Gasteiger partial charge in [0, 0.05) is 30.0 Å². The van der Waals surface area contributed by atoms with Crippen LogP contribution in [0, 0.1) is 5.92 Å². The van der Waals surface area contributed by atoms with E-state index < -0.39 is 0 Å². The van der Waals surface area contributed by atoms with E-state index >= 15 is 0 Å². The highest BCUT2D eigenvalue weighted by Gasteiger charge is 2.27. The number of aromatic nitrogens is 5. The van der Waals surface area contributed by atoms with Gasteiger partial charge in [-0.15, -0.1) is 10.2 Å². The van der Waals surface area contributed by atoms with Crippen LogP contribution in [-0.2, 0) is 4.79 Å². The molecule has 1 aliphatic carbocycles. The molecule has 1 aliphatic heterocycles. The van der Waals surface area contributed by atoms with Crippen LogP contribution >= 0.6 is 0 Å². The molecule has 3 aromatic heterocycles. The number of amides is 1. The second-order valence-electron chi connectivity index (χ2n) is 9.43. The van der Waals surface area contributed by atoms with Crippen LogP contribution in [0.15, 0.2) is 78.5 Å². The number of hydrogen-bond acceptors (Lipinski definition) is 5. The van der Waals surface area contributed by atoms with Gasteiger partial charge in [0.1, 0.15) is 12.0 Å². The number of carbonyl (C=O) groups is 1. The van der Waals surface area contributed by atoms with Gasteiger partial charge in [-0.25, -0.2) is 0 Å². The van der Waals surface area contributed by atoms with Crippen LogP contribution in [-0.4, -0.2) is 37.2 Å². The third-order valence-electron chi connectivity index (χ3n) is 6.59. The number of nitrogens with zero attached hydrogens (tertiary/aromatic N) is 5. The SMILES string of the molecule is CC(C)C1=CCN(c2cnc3cc[nH]c3c2)C(C(=O)Nc2cccc(-c3nncn3C3CC3)c2)=C1. The summed E-state index contributed by atoms with van der Waals surface area (Å²) in [7, 11) is 0. The summed E-state index contributed by atoms with van der Waals surface area (Å²) in [5.41, 5.74) is 6.10. The van der Waals surface area contributed by atoms with Crippen LogP contribution in [0.3, 0.4) is 0 Å². The first-order chi connectivity index (χ1) is 17.1. The largest absolute Gasteiger partial charge is 0.360 e. The lowest BCUT2D eigenvalue weighted by Gasteiger charge is -2.30. The first-order valence-corrected chi connectivity index (χ1v) is 12.0. The molecule has 1 fully saturated rings. The molecule has 0 saturated heterocycles. The molecule has 1 amide bonds. The zero-order valence-electron chi connectivity index (χ0n) is 19.8. The molecule has 0 spiro atoms. The highest BCUT2D eigenvalue weighted by Crippen LogP contribution is 2.38. The Balaban J connectivity index is 1.30. The molecule has 0 bridgehead atoms. The minimum Gasteiger partial charge on any atom is -0.360 e. The number of pyridine rings is 1. The van der Waals surface area contributed by atoms with E-state index in [0.717, 1.165) is 52.2 Å². The van der Waals surface area contributed by atoms with Gasteiger partial charge < -0.3 is 19.8 Å². The second-order valence-corrected chi connectivity index (χ2v) is 9.43. The second kappa shape index (κ2) is 8.54. The van der Waals surface area contributed by atoms with Gasteiger partial charge in [-0.3, -0.25) is 9.78 Å². The van der Waals surface area contributed by atoms with Gasteiger partial charge in [-0.1, -0.05) is 32.1 Å². The van der Waals surface area contributed by atoms with Crippen molar-refractivity contribution in [2.75, 3.05) is 16.8 Å². The molecule has 8 heteroatoms. The van der Waals surface area contributed by atoms with Gasteiger partial charge in [0.2, 0.25) is 0 Å². The molecular formula is C27H27N7O. The standard InChI is InChI=1S/C27H27N7O/c1-17(2)18-9-11-33(22-14-24-23(29-15-22)8-10-28-24)25(13-18)27(35)31-20-5-3-4-19(12-20)26-32-30-16-34(26)21-6-7-21/h3-5,8-10,12-17,21,28H,6-7,11H2,1-2H3,(H,31,35). The van der Waals surface area contributed by atoms with Gasteiger partial charge in [-0.05, 0) is 54.7 Å². The van der Waals surface area contributed by atoms with Gasteiger partial charge in [-0.2, -0.15) is 0 Å². The van der Waals surface area contributed by atoms with Crippen LogP contribution in [0.5, 0.6) is 0 Å². The number of carbonyl (C=O) groups excluding carboxylic acids is 1. The van der Waals surface area contributed by atoms with Crippen LogP contribution in [0.4, 0.5) is 11.4 Å². The maximum atomic E-state index is 13.6. The number of anilines is 2. The van der Waals surface area contributed by atoms with Crippen molar-refractivity contribution in [1.29, 1.82) is 0 Å². The first kappa shape index (κ1) is 21.3. The van der Waals surface area contributed by atoms with E-state index in [-0.39, 0.29) is 5.91 Å². The van der Waals surface area contributed by atoms with E-state index in [2.05, 4.69) is 50.0 Å². The fourth-order valence-corrected chi connectivity index (χ4v) is 4.50. The highest BCUT2D eigenvalue weighted by atomic mass is 16.2. The predicted molar refractivity (Wildman–Crippen MR) is 137 cm³/mol. The fourth-order valence-electron chi connectivity index (χ4n) is 4.50. The smallest absolute Gasteiger partial charge is 0.272 e. The summed E-state index contributed by atoms with van der Waals surface area (Å²) in [5, 5.41) is 11.5. The number of benzene rings is 1. The van der Waals surface area contributed by atoms with Crippen molar-refractivity contribution in [2.45, 2.75) is 32.7 Å². The Labute approximate surface area is 203 Å². The Bertz CT molecular complexity index is 1470. The maximum Gasteiger partial charge on any atom is 0.272 e. The zero-order chi connectivity index (χ0) is 23.9. The normalized spacial score (nSPS) is 15.9. The van der Waals surface area contributed by atoms with Gasteiger partial charge >= 0.3 is 0 Å². The topological polar surface area (TPSA) is 91.7 Å². The van der Waals surface area contributed by atoms with Crippen molar-refractivity contribution in [3.63, 3.8) is 0 Å². The monoisotopic (exact) mass is 465 g/mol. The average Bonchev–Trinajstić information content (AvgIpc) is 3.40. The summed E-state index contributed by atoms with van der Waals surface area (Å²) in [6, 6.07) is 12.2. The average molecular weight is 466 g/mol. The molecule has 6 rings (SSSR count). The van der Waals surface area contributed by atoms with Crippen molar-refractivity contribution < 1.29 is 4.79 Å². The van der Waals surface area contributed by atoms with Gasteiger partial charge in [0.05, 0.1) is 22.9 Å². The number of hydrogen-bond donors (Lipinski definition) is 2. The molecule has 4 heterocycles. The Morgan fingerprint density at radius 1 is 1.20 bits per heavy atom. The summed E-state index contributed by atoms with van der Waals surface area (Å²) in [4.78, 5) is 23.4. The summed E-state index contributed by atoms with van der Waals surface area (Å²) < 4.78 is 2.12. The van der Waals surface area contributed by atoms with Crippen molar-refractivity contribution in [3.8, 4) is 11.4 Å². The third-order valence-corrected chi connectivity index (χ3v) is 6.59. The first-order valence-electron chi connectivity index (χ1n) is 12.0. The maximum absolute atomic E-state index is 13.6. The van der Waals surface area contributed by atoms with E-state index in [1.54, 1.807) is 6.33 Å².